The Morgan fingerprint density at radius 3 is 1.82 bits per heavy atom. The van der Waals surface area contributed by atoms with Gasteiger partial charge in [0.1, 0.15) is 0 Å². The van der Waals surface area contributed by atoms with Crippen molar-refractivity contribution in [1.82, 2.24) is 5.32 Å². The minimum Gasteiger partial charge on any atom is -0.400 e. The minimum atomic E-state index is 1.00. The van der Waals surface area contributed by atoms with Gasteiger partial charge in [0.05, 0.1) is 0 Å². The predicted molar refractivity (Wildman–Crippen MR) is 52.9 cm³/mol. The number of nitrogens with one attached hydrogen (secondary N) is 1. The Hall–Kier alpha value is -0.0800. The molecule has 11 heavy (non-hydrogen) atoms. The van der Waals surface area contributed by atoms with Gasteiger partial charge in [-0.25, -0.2) is 0 Å². The average Bonchev–Trinajstić information content (AvgIpc) is 2.13. The maximum Gasteiger partial charge on any atom is 0.0319 e. The second-order valence-corrected chi connectivity index (χ2v) is 1.81. The Labute approximate surface area is 72.0 Å². The van der Waals surface area contributed by atoms with Crippen molar-refractivity contribution in [1.29, 1.82) is 0 Å². The van der Waals surface area contributed by atoms with Gasteiger partial charge >= 0.3 is 0 Å². The van der Waals surface area contributed by atoms with E-state index in [1.807, 2.05) is 20.9 Å². The molecule has 0 saturated carbocycles. The van der Waals surface area contributed by atoms with E-state index in [0.717, 1.165) is 7.11 Å². The molecule has 2 nitrogen and oxygen atoms in total. The molecule has 0 aromatic rings. The third-order valence-electron chi connectivity index (χ3n) is 1.03. The smallest absolute Gasteiger partial charge is 0.0319 e. The van der Waals surface area contributed by atoms with Crippen molar-refractivity contribution < 1.29 is 5.11 Å². The maximum absolute atomic E-state index is 7.00. The zero-order valence-electron chi connectivity index (χ0n) is 8.78. The lowest BCUT2D eigenvalue weighted by atomic mass is 10.2. The number of unbranched alkanes of at least 4 members (excludes halogenated alkanes) is 2. The van der Waals surface area contributed by atoms with E-state index >= 15 is 0 Å². The Balaban J connectivity index is -0.000000138. The van der Waals surface area contributed by atoms with Crippen molar-refractivity contribution >= 4 is 0 Å². The van der Waals surface area contributed by atoms with E-state index < -0.39 is 0 Å². The Bertz CT molecular complexity index is 28.7. The van der Waals surface area contributed by atoms with Crippen LogP contribution in [-0.2, 0) is 0 Å². The second-order valence-electron chi connectivity index (χ2n) is 1.81. The largest absolute Gasteiger partial charge is 0.400 e. The predicted octanol–water partition coefficient (Wildman–Crippen LogP) is 2.03. The summed E-state index contributed by atoms with van der Waals surface area (Å²) in [6, 6.07) is 0. The molecule has 0 spiro atoms. The molecule has 0 aromatic heterocycles. The molecular formula is C9H25NO. The molecule has 0 heterocycles. The van der Waals surface area contributed by atoms with Gasteiger partial charge in [-0.15, -0.1) is 0 Å². The van der Waals surface area contributed by atoms with Crippen molar-refractivity contribution in [3.8, 4) is 0 Å². The van der Waals surface area contributed by atoms with Crippen LogP contribution in [0.4, 0.5) is 0 Å². The first kappa shape index (κ1) is 17.1. The molecule has 2 N–H and O–H groups in total. The standard InChI is InChI=1S/C6H15N.C2H6.CH4O/c1-3-4-5-6-7-2;2*1-2/h7H,3-6H2,1-2H3;1-2H3;2H,1H3. The van der Waals surface area contributed by atoms with Gasteiger partial charge in [-0.3, -0.25) is 0 Å². The molecule has 0 aliphatic rings. The van der Waals surface area contributed by atoms with E-state index in [1.54, 1.807) is 0 Å². The van der Waals surface area contributed by atoms with Crippen molar-refractivity contribution in [2.75, 3.05) is 20.7 Å². The Kier molecular flexibility index (Phi) is 50.8. The number of hydrogen-bond donors (Lipinski definition) is 2. The molecule has 0 fully saturated rings. The fourth-order valence-electron chi connectivity index (χ4n) is 0.552. The van der Waals surface area contributed by atoms with Crippen molar-refractivity contribution in [2.45, 2.75) is 40.0 Å². The molecule has 72 valence electrons. The van der Waals surface area contributed by atoms with Crippen molar-refractivity contribution in [3.63, 3.8) is 0 Å². The quantitative estimate of drug-likeness (QED) is 0.622. The molecule has 0 aliphatic heterocycles. The van der Waals surface area contributed by atoms with Crippen LogP contribution >= 0.6 is 0 Å². The zero-order chi connectivity index (χ0) is 9.54. The molecular weight excluding hydrogens is 138 g/mol. The highest BCUT2D eigenvalue weighted by molar-refractivity contribution is 4.39. The Morgan fingerprint density at radius 1 is 1.09 bits per heavy atom. The summed E-state index contributed by atoms with van der Waals surface area (Å²) in [4.78, 5) is 0. The lowest BCUT2D eigenvalue weighted by molar-refractivity contribution is 0.399. The topological polar surface area (TPSA) is 32.3 Å². The lowest BCUT2D eigenvalue weighted by Crippen LogP contribution is -2.06. The third-order valence-corrected chi connectivity index (χ3v) is 1.03. The van der Waals surface area contributed by atoms with Crippen LogP contribution in [0.2, 0.25) is 0 Å². The third kappa shape index (κ3) is 40.5. The average molecular weight is 163 g/mol. The first-order chi connectivity index (χ1) is 5.41. The number of aliphatic hydroxyl groups is 1. The van der Waals surface area contributed by atoms with Gasteiger partial charge in [0.2, 0.25) is 0 Å². The summed E-state index contributed by atoms with van der Waals surface area (Å²) < 4.78 is 0. The van der Waals surface area contributed by atoms with Crippen LogP contribution < -0.4 is 5.32 Å². The van der Waals surface area contributed by atoms with E-state index in [4.69, 9.17) is 5.11 Å². The summed E-state index contributed by atoms with van der Waals surface area (Å²) in [5.41, 5.74) is 0. The number of aliphatic hydroxyl groups excluding tert-OH is 1. The summed E-state index contributed by atoms with van der Waals surface area (Å²) in [5, 5.41) is 10.1. The van der Waals surface area contributed by atoms with Gasteiger partial charge in [0, 0.05) is 7.11 Å². The second kappa shape index (κ2) is 32.6. The molecule has 0 unspecified atom stereocenters. The van der Waals surface area contributed by atoms with E-state index in [2.05, 4.69) is 12.2 Å². The first-order valence-electron chi connectivity index (χ1n) is 4.51. The normalized spacial score (nSPS) is 7.09. The Morgan fingerprint density at radius 2 is 1.55 bits per heavy atom. The van der Waals surface area contributed by atoms with E-state index in [-0.39, 0.29) is 0 Å². The summed E-state index contributed by atoms with van der Waals surface area (Å²) in [7, 11) is 3.00. The van der Waals surface area contributed by atoms with Gasteiger partial charge in [-0.2, -0.15) is 0 Å². The lowest BCUT2D eigenvalue weighted by Gasteiger charge is -1.93. The molecule has 0 aliphatic carbocycles. The van der Waals surface area contributed by atoms with E-state index in [1.165, 1.54) is 25.8 Å². The highest BCUT2D eigenvalue weighted by Crippen LogP contribution is 1.89. The van der Waals surface area contributed by atoms with Gasteiger partial charge in [-0.05, 0) is 20.0 Å². The minimum absolute atomic E-state index is 1.00. The van der Waals surface area contributed by atoms with Crippen LogP contribution in [0, 0.1) is 0 Å². The highest BCUT2D eigenvalue weighted by atomic mass is 16.2. The van der Waals surface area contributed by atoms with Crippen LogP contribution in [0.15, 0.2) is 0 Å². The highest BCUT2D eigenvalue weighted by Gasteiger charge is 1.78. The van der Waals surface area contributed by atoms with Gasteiger partial charge in [-0.1, -0.05) is 33.6 Å². The van der Waals surface area contributed by atoms with Crippen LogP contribution in [0.5, 0.6) is 0 Å². The van der Waals surface area contributed by atoms with E-state index in [0.29, 0.717) is 0 Å². The number of rotatable bonds is 4. The summed E-state index contributed by atoms with van der Waals surface area (Å²) in [6.07, 6.45) is 4.01. The molecule has 0 radical (unpaired) electrons. The number of hydrogen-bond acceptors (Lipinski definition) is 2. The summed E-state index contributed by atoms with van der Waals surface area (Å²) >= 11 is 0. The van der Waals surface area contributed by atoms with Gasteiger partial charge in [0.15, 0.2) is 0 Å². The van der Waals surface area contributed by atoms with Crippen LogP contribution in [-0.4, -0.2) is 25.8 Å². The monoisotopic (exact) mass is 163 g/mol. The molecule has 0 atom stereocenters. The van der Waals surface area contributed by atoms with Crippen molar-refractivity contribution in [3.05, 3.63) is 0 Å². The van der Waals surface area contributed by atoms with E-state index in [9.17, 15) is 0 Å². The van der Waals surface area contributed by atoms with Gasteiger partial charge < -0.3 is 10.4 Å². The van der Waals surface area contributed by atoms with Crippen LogP contribution in [0.3, 0.4) is 0 Å². The molecule has 0 saturated heterocycles. The summed E-state index contributed by atoms with van der Waals surface area (Å²) in [5.74, 6) is 0. The first-order valence-corrected chi connectivity index (χ1v) is 4.51. The SMILES string of the molecule is CC.CCCCCNC.CO. The van der Waals surface area contributed by atoms with Gasteiger partial charge in [0.25, 0.3) is 0 Å². The fraction of sp³-hybridized carbons (Fsp3) is 1.00. The molecule has 0 aromatic carbocycles. The molecule has 0 rings (SSSR count). The molecule has 0 bridgehead atoms. The maximum atomic E-state index is 7.00. The van der Waals surface area contributed by atoms with Crippen molar-refractivity contribution in [2.24, 2.45) is 0 Å². The zero-order valence-corrected chi connectivity index (χ0v) is 8.78. The molecule has 2 heteroatoms. The summed E-state index contributed by atoms with van der Waals surface area (Å²) in [6.45, 7) is 7.39. The van der Waals surface area contributed by atoms with Crippen LogP contribution in [0.1, 0.15) is 40.0 Å². The fourth-order valence-corrected chi connectivity index (χ4v) is 0.552. The van der Waals surface area contributed by atoms with Crippen LogP contribution in [0.25, 0.3) is 0 Å². The molecule has 0 amide bonds.